The molecule has 0 rings (SSSR count). The molecule has 0 aliphatic rings. The molecule has 0 amide bonds. The SMILES string of the molecule is C=CCCC(N)C(=O)CC. The van der Waals surface area contributed by atoms with Gasteiger partial charge in [0.05, 0.1) is 6.04 Å². The maximum Gasteiger partial charge on any atom is 0.149 e. The van der Waals surface area contributed by atoms with Crippen LogP contribution in [0.25, 0.3) is 0 Å². The third-order valence-corrected chi connectivity index (χ3v) is 1.44. The van der Waals surface area contributed by atoms with Crippen molar-refractivity contribution in [2.24, 2.45) is 5.73 Å². The molecule has 0 bridgehead atoms. The molecule has 0 spiro atoms. The summed E-state index contributed by atoms with van der Waals surface area (Å²) in [5, 5.41) is 0. The van der Waals surface area contributed by atoms with E-state index in [1.807, 2.05) is 6.92 Å². The van der Waals surface area contributed by atoms with Crippen molar-refractivity contribution in [2.75, 3.05) is 0 Å². The van der Waals surface area contributed by atoms with Gasteiger partial charge < -0.3 is 5.73 Å². The molecule has 0 aliphatic heterocycles. The van der Waals surface area contributed by atoms with Crippen LogP contribution in [0, 0.1) is 0 Å². The van der Waals surface area contributed by atoms with E-state index < -0.39 is 0 Å². The molecule has 1 atom stereocenters. The molecule has 2 N–H and O–H groups in total. The minimum atomic E-state index is -0.275. The third kappa shape index (κ3) is 3.41. The number of Topliss-reactive ketones (excluding diaryl/α,β-unsaturated/α-hetero) is 1. The first-order valence-corrected chi connectivity index (χ1v) is 3.61. The number of hydrogen-bond donors (Lipinski definition) is 1. The molecule has 0 aliphatic carbocycles. The van der Waals surface area contributed by atoms with Crippen molar-refractivity contribution < 1.29 is 4.79 Å². The average molecular weight is 141 g/mol. The van der Waals surface area contributed by atoms with Gasteiger partial charge in [-0.25, -0.2) is 0 Å². The Morgan fingerprint density at radius 3 is 2.80 bits per heavy atom. The van der Waals surface area contributed by atoms with Crippen molar-refractivity contribution in [3.05, 3.63) is 12.7 Å². The van der Waals surface area contributed by atoms with Crippen molar-refractivity contribution in [1.82, 2.24) is 0 Å². The maximum absolute atomic E-state index is 10.9. The molecular formula is C8H15NO. The molecule has 0 heterocycles. The van der Waals surface area contributed by atoms with E-state index in [-0.39, 0.29) is 11.8 Å². The number of ketones is 1. The second kappa shape index (κ2) is 5.18. The fourth-order valence-electron chi connectivity index (χ4n) is 0.721. The van der Waals surface area contributed by atoms with Crippen LogP contribution in [0.2, 0.25) is 0 Å². The normalized spacial score (nSPS) is 12.6. The average Bonchev–Trinajstić information content (AvgIpc) is 1.98. The Kier molecular flexibility index (Phi) is 4.85. The molecule has 10 heavy (non-hydrogen) atoms. The number of nitrogens with two attached hydrogens (primary N) is 1. The molecule has 0 saturated carbocycles. The maximum atomic E-state index is 10.9. The van der Waals surface area contributed by atoms with Gasteiger partial charge >= 0.3 is 0 Å². The molecule has 2 heteroatoms. The van der Waals surface area contributed by atoms with Crippen LogP contribution in [0.5, 0.6) is 0 Å². The highest BCUT2D eigenvalue weighted by molar-refractivity contribution is 5.83. The van der Waals surface area contributed by atoms with Gasteiger partial charge in [-0.3, -0.25) is 4.79 Å². The highest BCUT2D eigenvalue weighted by Gasteiger charge is 2.08. The van der Waals surface area contributed by atoms with Gasteiger partial charge in [-0.15, -0.1) is 6.58 Å². The van der Waals surface area contributed by atoms with Crippen molar-refractivity contribution in [3.8, 4) is 0 Å². The zero-order valence-corrected chi connectivity index (χ0v) is 6.47. The largest absolute Gasteiger partial charge is 0.321 e. The molecule has 0 saturated heterocycles. The highest BCUT2D eigenvalue weighted by atomic mass is 16.1. The Morgan fingerprint density at radius 1 is 1.80 bits per heavy atom. The van der Waals surface area contributed by atoms with Crippen molar-refractivity contribution in [2.45, 2.75) is 32.2 Å². The van der Waals surface area contributed by atoms with Crippen molar-refractivity contribution in [1.29, 1.82) is 0 Å². The van der Waals surface area contributed by atoms with E-state index in [2.05, 4.69) is 6.58 Å². The Hall–Kier alpha value is -0.630. The van der Waals surface area contributed by atoms with Crippen molar-refractivity contribution in [3.63, 3.8) is 0 Å². The van der Waals surface area contributed by atoms with Crippen LogP contribution < -0.4 is 5.73 Å². The van der Waals surface area contributed by atoms with Gasteiger partial charge in [0.2, 0.25) is 0 Å². The summed E-state index contributed by atoms with van der Waals surface area (Å²) in [6.45, 7) is 5.38. The Morgan fingerprint density at radius 2 is 2.40 bits per heavy atom. The van der Waals surface area contributed by atoms with Gasteiger partial charge in [0.15, 0.2) is 0 Å². The lowest BCUT2D eigenvalue weighted by atomic mass is 10.1. The number of allylic oxidation sites excluding steroid dienone is 1. The lowest BCUT2D eigenvalue weighted by molar-refractivity contribution is -0.120. The molecule has 0 fully saturated rings. The zero-order chi connectivity index (χ0) is 7.98. The molecule has 58 valence electrons. The summed E-state index contributed by atoms with van der Waals surface area (Å²) < 4.78 is 0. The van der Waals surface area contributed by atoms with Crippen LogP contribution in [0.1, 0.15) is 26.2 Å². The summed E-state index contributed by atoms with van der Waals surface area (Å²) in [4.78, 5) is 10.9. The first kappa shape index (κ1) is 9.37. The zero-order valence-electron chi connectivity index (χ0n) is 6.47. The van der Waals surface area contributed by atoms with E-state index in [1.54, 1.807) is 6.08 Å². The van der Waals surface area contributed by atoms with E-state index in [0.29, 0.717) is 6.42 Å². The van der Waals surface area contributed by atoms with Crippen LogP contribution in [-0.4, -0.2) is 11.8 Å². The minimum Gasteiger partial charge on any atom is -0.321 e. The lowest BCUT2D eigenvalue weighted by Gasteiger charge is -2.05. The van der Waals surface area contributed by atoms with Gasteiger partial charge in [0, 0.05) is 6.42 Å². The lowest BCUT2D eigenvalue weighted by Crippen LogP contribution is -2.29. The molecule has 1 unspecified atom stereocenters. The Labute approximate surface area is 62.1 Å². The summed E-state index contributed by atoms with van der Waals surface area (Å²) in [5.41, 5.74) is 5.52. The first-order valence-electron chi connectivity index (χ1n) is 3.61. The smallest absolute Gasteiger partial charge is 0.149 e. The molecule has 0 aromatic rings. The molecule has 0 aromatic heterocycles. The van der Waals surface area contributed by atoms with E-state index in [1.165, 1.54) is 0 Å². The van der Waals surface area contributed by atoms with E-state index in [9.17, 15) is 4.79 Å². The minimum absolute atomic E-state index is 0.141. The summed E-state index contributed by atoms with van der Waals surface area (Å²) in [6, 6.07) is -0.275. The molecular weight excluding hydrogens is 126 g/mol. The highest BCUT2D eigenvalue weighted by Crippen LogP contribution is 1.97. The molecule has 2 nitrogen and oxygen atoms in total. The molecule has 0 aromatic carbocycles. The summed E-state index contributed by atoms with van der Waals surface area (Å²) in [7, 11) is 0. The van der Waals surface area contributed by atoms with Gasteiger partial charge in [-0.1, -0.05) is 13.0 Å². The monoisotopic (exact) mass is 141 g/mol. The van der Waals surface area contributed by atoms with Crippen LogP contribution >= 0.6 is 0 Å². The van der Waals surface area contributed by atoms with E-state index >= 15 is 0 Å². The predicted octanol–water partition coefficient (Wildman–Crippen LogP) is 1.26. The quantitative estimate of drug-likeness (QED) is 0.586. The second-order valence-electron chi connectivity index (χ2n) is 2.29. The Balaban J connectivity index is 3.50. The Bertz CT molecular complexity index is 120. The number of hydrogen-bond acceptors (Lipinski definition) is 2. The summed E-state index contributed by atoms with van der Waals surface area (Å²) in [6.07, 6.45) is 3.88. The van der Waals surface area contributed by atoms with Gasteiger partial charge in [-0.05, 0) is 12.8 Å². The number of rotatable bonds is 5. The van der Waals surface area contributed by atoms with E-state index in [0.717, 1.165) is 12.8 Å². The predicted molar refractivity (Wildman–Crippen MR) is 42.7 cm³/mol. The third-order valence-electron chi connectivity index (χ3n) is 1.44. The fourth-order valence-corrected chi connectivity index (χ4v) is 0.721. The van der Waals surface area contributed by atoms with Crippen LogP contribution in [0.3, 0.4) is 0 Å². The van der Waals surface area contributed by atoms with Crippen molar-refractivity contribution >= 4 is 5.78 Å². The van der Waals surface area contributed by atoms with E-state index in [4.69, 9.17) is 5.73 Å². The first-order chi connectivity index (χ1) is 4.72. The number of carbonyl (C=O) groups is 1. The molecule has 0 radical (unpaired) electrons. The van der Waals surface area contributed by atoms with Crippen LogP contribution in [0.4, 0.5) is 0 Å². The van der Waals surface area contributed by atoms with Gasteiger partial charge in [0.25, 0.3) is 0 Å². The fraction of sp³-hybridized carbons (Fsp3) is 0.625. The van der Waals surface area contributed by atoms with Gasteiger partial charge in [-0.2, -0.15) is 0 Å². The summed E-state index contributed by atoms with van der Waals surface area (Å²) in [5.74, 6) is 0.141. The second-order valence-corrected chi connectivity index (χ2v) is 2.29. The number of carbonyl (C=O) groups excluding carboxylic acids is 1. The van der Waals surface area contributed by atoms with Gasteiger partial charge in [0.1, 0.15) is 5.78 Å². The van der Waals surface area contributed by atoms with Crippen LogP contribution in [0.15, 0.2) is 12.7 Å². The standard InChI is InChI=1S/C8H15NO/c1-3-5-6-7(9)8(10)4-2/h3,7H,1,4-6,9H2,2H3. The summed E-state index contributed by atoms with van der Waals surface area (Å²) >= 11 is 0. The van der Waals surface area contributed by atoms with Crippen LogP contribution in [-0.2, 0) is 4.79 Å². The topological polar surface area (TPSA) is 43.1 Å².